The summed E-state index contributed by atoms with van der Waals surface area (Å²) in [6.45, 7) is 3.06. The molecule has 0 unspecified atom stereocenters. The third-order valence-corrected chi connectivity index (χ3v) is 3.00. The molecule has 2 N–H and O–H groups in total. The van der Waals surface area contributed by atoms with Gasteiger partial charge >= 0.3 is 0 Å². The molecule has 0 aromatic rings. The van der Waals surface area contributed by atoms with Gasteiger partial charge < -0.3 is 15.4 Å². The van der Waals surface area contributed by atoms with E-state index in [-0.39, 0.29) is 18.3 Å². The Hall–Kier alpha value is -0.320. The highest BCUT2D eigenvalue weighted by atomic mass is 35.5. The third kappa shape index (κ3) is 5.68. The summed E-state index contributed by atoms with van der Waals surface area (Å²) in [5, 5.41) is 0. The number of nitrogens with two attached hydrogens (primary N) is 1. The molecule has 96 valence electrons. The fraction of sp³-hybridized carbons (Fsp3) is 0.909. The number of halogens is 1. The first-order valence-corrected chi connectivity index (χ1v) is 5.76. The fourth-order valence-corrected chi connectivity index (χ4v) is 1.85. The van der Waals surface area contributed by atoms with E-state index in [1.54, 1.807) is 4.90 Å². The molecule has 1 rings (SSSR count). The molecule has 0 radical (unpaired) electrons. The lowest BCUT2D eigenvalue weighted by Crippen LogP contribution is -2.31. The molecule has 1 saturated heterocycles. The second-order valence-electron chi connectivity index (χ2n) is 4.20. The molecule has 5 heteroatoms. The zero-order chi connectivity index (χ0) is 11.1. The molecule has 0 aliphatic carbocycles. The third-order valence-electron chi connectivity index (χ3n) is 3.00. The molecule has 0 aromatic heterocycles. The molecule has 1 fully saturated rings. The minimum atomic E-state index is 0. The van der Waals surface area contributed by atoms with E-state index in [1.165, 1.54) is 0 Å². The smallest absolute Gasteiger partial charge is 0.223 e. The highest BCUT2D eigenvalue weighted by Gasteiger charge is 2.15. The van der Waals surface area contributed by atoms with Gasteiger partial charge in [0.15, 0.2) is 0 Å². The first kappa shape index (κ1) is 15.7. The summed E-state index contributed by atoms with van der Waals surface area (Å²) in [5.41, 5.74) is 5.34. The molecule has 0 atom stereocenters. The van der Waals surface area contributed by atoms with Crippen molar-refractivity contribution in [3.8, 4) is 0 Å². The lowest BCUT2D eigenvalue weighted by atomic mass is 9.96. The maximum atomic E-state index is 11.4. The second-order valence-corrected chi connectivity index (χ2v) is 4.20. The van der Waals surface area contributed by atoms with Gasteiger partial charge in [-0.25, -0.2) is 0 Å². The quantitative estimate of drug-likeness (QED) is 0.793. The Labute approximate surface area is 104 Å². The van der Waals surface area contributed by atoms with Crippen molar-refractivity contribution in [1.82, 2.24) is 4.90 Å². The van der Waals surface area contributed by atoms with Crippen molar-refractivity contribution in [3.05, 3.63) is 0 Å². The summed E-state index contributed by atoms with van der Waals surface area (Å²) >= 11 is 0. The summed E-state index contributed by atoms with van der Waals surface area (Å²) in [5.74, 6) is 0.886. The van der Waals surface area contributed by atoms with E-state index in [1.807, 2.05) is 7.05 Å². The summed E-state index contributed by atoms with van der Waals surface area (Å²) in [6, 6.07) is 0. The first-order valence-electron chi connectivity index (χ1n) is 5.76. The predicted octanol–water partition coefficient (Wildman–Crippen LogP) is 1.03. The zero-order valence-electron chi connectivity index (χ0n) is 9.98. The SMILES string of the molecule is CN(CCC1CCOCC1)C(=O)CCN.Cl. The Morgan fingerprint density at radius 3 is 2.62 bits per heavy atom. The van der Waals surface area contributed by atoms with E-state index in [4.69, 9.17) is 10.5 Å². The molecule has 0 saturated carbocycles. The number of carbonyl (C=O) groups excluding carboxylic acids is 1. The monoisotopic (exact) mass is 250 g/mol. The van der Waals surface area contributed by atoms with Gasteiger partial charge in [0.2, 0.25) is 5.91 Å². The maximum absolute atomic E-state index is 11.4. The van der Waals surface area contributed by atoms with Crippen molar-refractivity contribution in [2.45, 2.75) is 25.7 Å². The standard InChI is InChI=1S/C11H22N2O2.ClH/c1-13(11(14)2-6-12)7-3-10-4-8-15-9-5-10;/h10H,2-9,12H2,1H3;1H. The van der Waals surface area contributed by atoms with Gasteiger partial charge in [-0.05, 0) is 25.2 Å². The minimum absolute atomic E-state index is 0. The van der Waals surface area contributed by atoms with Crippen LogP contribution in [-0.4, -0.2) is 44.2 Å². The second kappa shape index (κ2) is 8.79. The van der Waals surface area contributed by atoms with E-state index in [9.17, 15) is 4.79 Å². The van der Waals surface area contributed by atoms with Gasteiger partial charge in [-0.2, -0.15) is 0 Å². The van der Waals surface area contributed by atoms with Crippen LogP contribution in [0.1, 0.15) is 25.7 Å². The molecule has 1 amide bonds. The van der Waals surface area contributed by atoms with Crippen LogP contribution in [0.25, 0.3) is 0 Å². The Morgan fingerprint density at radius 2 is 2.06 bits per heavy atom. The number of rotatable bonds is 5. The van der Waals surface area contributed by atoms with Crippen molar-refractivity contribution < 1.29 is 9.53 Å². The number of ether oxygens (including phenoxy) is 1. The van der Waals surface area contributed by atoms with Crippen LogP contribution in [0.5, 0.6) is 0 Å². The molecule has 0 spiro atoms. The highest BCUT2D eigenvalue weighted by molar-refractivity contribution is 5.85. The largest absolute Gasteiger partial charge is 0.381 e. The van der Waals surface area contributed by atoms with Crippen LogP contribution in [0.2, 0.25) is 0 Å². The normalized spacial score (nSPS) is 16.6. The fourth-order valence-electron chi connectivity index (χ4n) is 1.85. The summed E-state index contributed by atoms with van der Waals surface area (Å²) in [4.78, 5) is 13.2. The van der Waals surface area contributed by atoms with Crippen molar-refractivity contribution in [2.24, 2.45) is 11.7 Å². The Balaban J connectivity index is 0.00000225. The van der Waals surface area contributed by atoms with Gasteiger partial charge in [-0.1, -0.05) is 0 Å². The number of amides is 1. The van der Waals surface area contributed by atoms with Crippen LogP contribution >= 0.6 is 12.4 Å². The average Bonchev–Trinajstić information content (AvgIpc) is 2.27. The van der Waals surface area contributed by atoms with Gasteiger partial charge in [-0.3, -0.25) is 4.79 Å². The van der Waals surface area contributed by atoms with Gasteiger partial charge in [-0.15, -0.1) is 12.4 Å². The van der Waals surface area contributed by atoms with Crippen LogP contribution in [0.15, 0.2) is 0 Å². The van der Waals surface area contributed by atoms with Crippen molar-refractivity contribution in [3.63, 3.8) is 0 Å². The lowest BCUT2D eigenvalue weighted by molar-refractivity contribution is -0.129. The van der Waals surface area contributed by atoms with E-state index in [2.05, 4.69) is 0 Å². The number of hydrogen-bond donors (Lipinski definition) is 1. The molecular weight excluding hydrogens is 228 g/mol. The molecule has 0 aromatic carbocycles. The van der Waals surface area contributed by atoms with Crippen LogP contribution in [-0.2, 0) is 9.53 Å². The van der Waals surface area contributed by atoms with Crippen LogP contribution in [0.3, 0.4) is 0 Å². The molecule has 1 heterocycles. The Morgan fingerprint density at radius 1 is 1.44 bits per heavy atom. The van der Waals surface area contributed by atoms with Crippen LogP contribution in [0.4, 0.5) is 0 Å². The minimum Gasteiger partial charge on any atom is -0.381 e. The van der Waals surface area contributed by atoms with E-state index in [0.29, 0.717) is 13.0 Å². The summed E-state index contributed by atoms with van der Waals surface area (Å²) in [6.07, 6.45) is 3.83. The topological polar surface area (TPSA) is 55.6 Å². The molecule has 16 heavy (non-hydrogen) atoms. The predicted molar refractivity (Wildman–Crippen MR) is 66.7 cm³/mol. The summed E-state index contributed by atoms with van der Waals surface area (Å²) < 4.78 is 5.30. The van der Waals surface area contributed by atoms with Crippen LogP contribution in [0, 0.1) is 5.92 Å². The molecular formula is C11H23ClN2O2. The van der Waals surface area contributed by atoms with Gasteiger partial charge in [0.1, 0.15) is 0 Å². The zero-order valence-corrected chi connectivity index (χ0v) is 10.8. The number of carbonyl (C=O) groups is 1. The van der Waals surface area contributed by atoms with Gasteiger partial charge in [0.05, 0.1) is 0 Å². The van der Waals surface area contributed by atoms with Crippen molar-refractivity contribution >= 4 is 18.3 Å². The average molecular weight is 251 g/mol. The molecule has 4 nitrogen and oxygen atoms in total. The first-order chi connectivity index (χ1) is 7.24. The highest BCUT2D eigenvalue weighted by Crippen LogP contribution is 2.18. The molecule has 0 bridgehead atoms. The summed E-state index contributed by atoms with van der Waals surface area (Å²) in [7, 11) is 1.86. The van der Waals surface area contributed by atoms with Gasteiger partial charge in [0.25, 0.3) is 0 Å². The maximum Gasteiger partial charge on any atom is 0.223 e. The van der Waals surface area contributed by atoms with Gasteiger partial charge in [0, 0.05) is 39.8 Å². The lowest BCUT2D eigenvalue weighted by Gasteiger charge is -2.24. The van der Waals surface area contributed by atoms with E-state index >= 15 is 0 Å². The van der Waals surface area contributed by atoms with Crippen LogP contribution < -0.4 is 5.73 Å². The Kier molecular flexibility index (Phi) is 8.61. The number of nitrogens with zero attached hydrogens (tertiary/aromatic N) is 1. The number of hydrogen-bond acceptors (Lipinski definition) is 3. The Bertz CT molecular complexity index is 196. The van der Waals surface area contributed by atoms with Crippen molar-refractivity contribution in [1.29, 1.82) is 0 Å². The molecule has 1 aliphatic heterocycles. The van der Waals surface area contributed by atoms with E-state index in [0.717, 1.165) is 44.9 Å². The van der Waals surface area contributed by atoms with Crippen molar-refractivity contribution in [2.75, 3.05) is 33.4 Å². The molecule has 1 aliphatic rings. The van der Waals surface area contributed by atoms with E-state index < -0.39 is 0 Å².